The highest BCUT2D eigenvalue weighted by Gasteiger charge is 2.27. The van der Waals surface area contributed by atoms with Gasteiger partial charge in [0, 0.05) is 30.9 Å². The summed E-state index contributed by atoms with van der Waals surface area (Å²) in [5.74, 6) is -0.597. The van der Waals surface area contributed by atoms with Crippen LogP contribution < -0.4 is 10.6 Å². The Morgan fingerprint density at radius 2 is 1.81 bits per heavy atom. The number of carbonyl (C=O) groups excluding carboxylic acids is 2. The molecule has 0 saturated carbocycles. The van der Waals surface area contributed by atoms with E-state index >= 15 is 0 Å². The third-order valence-corrected chi connectivity index (χ3v) is 4.37. The number of hydrogen-bond acceptors (Lipinski definition) is 4. The summed E-state index contributed by atoms with van der Waals surface area (Å²) in [4.78, 5) is 25.7. The Morgan fingerprint density at radius 1 is 1.14 bits per heavy atom. The number of benzene rings is 1. The molecule has 0 radical (unpaired) electrons. The lowest BCUT2D eigenvalue weighted by molar-refractivity contribution is 0.0879. The number of imide groups is 1. The normalized spacial score (nSPS) is 19.8. The molecule has 2 aliphatic rings. The van der Waals surface area contributed by atoms with Crippen molar-refractivity contribution in [2.75, 3.05) is 18.4 Å². The molecule has 2 N–H and O–H groups in total. The van der Waals surface area contributed by atoms with Crippen LogP contribution in [0.25, 0.3) is 0 Å². The van der Waals surface area contributed by atoms with Gasteiger partial charge in [-0.2, -0.15) is 0 Å². The highest BCUT2D eigenvalue weighted by molar-refractivity contribution is 6.21. The van der Waals surface area contributed by atoms with E-state index in [0.29, 0.717) is 23.2 Å². The number of nitrogens with one attached hydrogen (secondary N) is 2. The number of anilines is 1. The minimum atomic E-state index is -0.299. The lowest BCUT2D eigenvalue weighted by Gasteiger charge is -2.35. The van der Waals surface area contributed by atoms with E-state index < -0.39 is 0 Å². The molecular weight excluding hydrogens is 266 g/mol. The van der Waals surface area contributed by atoms with Gasteiger partial charge < -0.3 is 10.2 Å². The zero-order valence-corrected chi connectivity index (χ0v) is 12.5. The Labute approximate surface area is 124 Å². The maximum Gasteiger partial charge on any atom is 0.259 e. The number of carbonyl (C=O) groups is 2. The first-order valence-electron chi connectivity index (χ1n) is 7.55. The summed E-state index contributed by atoms with van der Waals surface area (Å²) in [6, 6.07) is 6.41. The highest BCUT2D eigenvalue weighted by Crippen LogP contribution is 2.23. The van der Waals surface area contributed by atoms with Crippen LogP contribution in [0.15, 0.2) is 18.2 Å². The van der Waals surface area contributed by atoms with Crippen LogP contribution in [0.4, 0.5) is 5.69 Å². The molecule has 1 saturated heterocycles. The van der Waals surface area contributed by atoms with Gasteiger partial charge in [0.15, 0.2) is 0 Å². The Kier molecular flexibility index (Phi) is 3.68. The fourth-order valence-electron chi connectivity index (χ4n) is 3.05. The molecule has 0 spiro atoms. The highest BCUT2D eigenvalue weighted by atomic mass is 16.2. The molecule has 0 atom stereocenters. The minimum absolute atomic E-state index is 0.298. The van der Waals surface area contributed by atoms with Gasteiger partial charge in [-0.3, -0.25) is 14.9 Å². The van der Waals surface area contributed by atoms with Gasteiger partial charge in [-0.15, -0.1) is 0 Å². The van der Waals surface area contributed by atoms with Crippen molar-refractivity contribution in [3.05, 3.63) is 29.3 Å². The predicted molar refractivity (Wildman–Crippen MR) is 81.6 cm³/mol. The van der Waals surface area contributed by atoms with Crippen molar-refractivity contribution in [1.29, 1.82) is 0 Å². The molecule has 21 heavy (non-hydrogen) atoms. The number of nitrogens with zero attached hydrogens (tertiary/aromatic N) is 1. The summed E-state index contributed by atoms with van der Waals surface area (Å²) >= 11 is 0. The second-order valence-electron chi connectivity index (χ2n) is 6.09. The van der Waals surface area contributed by atoms with E-state index in [1.807, 2.05) is 6.07 Å². The SMILES string of the molecule is CC(C)N1CCC(Nc2ccc3c(c2)C(=O)NC3=O)CC1. The molecule has 5 heteroatoms. The third-order valence-electron chi connectivity index (χ3n) is 4.37. The van der Waals surface area contributed by atoms with Crippen molar-refractivity contribution >= 4 is 17.5 Å². The number of rotatable bonds is 3. The van der Waals surface area contributed by atoms with E-state index in [4.69, 9.17) is 0 Å². The Balaban J connectivity index is 1.66. The molecule has 5 nitrogen and oxygen atoms in total. The summed E-state index contributed by atoms with van der Waals surface area (Å²) < 4.78 is 0. The first-order valence-corrected chi connectivity index (χ1v) is 7.55. The van der Waals surface area contributed by atoms with Crippen molar-refractivity contribution in [1.82, 2.24) is 10.2 Å². The lowest BCUT2D eigenvalue weighted by atomic mass is 10.0. The monoisotopic (exact) mass is 287 g/mol. The van der Waals surface area contributed by atoms with Gasteiger partial charge in [-0.05, 0) is 44.9 Å². The van der Waals surface area contributed by atoms with Crippen LogP contribution in [-0.4, -0.2) is 41.9 Å². The van der Waals surface area contributed by atoms with E-state index in [2.05, 4.69) is 29.4 Å². The standard InChI is InChI=1S/C16H21N3O2/c1-10(2)19-7-5-11(6-8-19)17-12-3-4-13-14(9-12)16(21)18-15(13)20/h3-4,9-11,17H,5-8H2,1-2H3,(H,18,20,21). The minimum Gasteiger partial charge on any atom is -0.382 e. The molecule has 2 amide bonds. The molecule has 1 fully saturated rings. The van der Waals surface area contributed by atoms with E-state index in [0.717, 1.165) is 31.6 Å². The summed E-state index contributed by atoms with van der Waals surface area (Å²) in [7, 11) is 0. The molecule has 0 aliphatic carbocycles. The molecule has 0 bridgehead atoms. The van der Waals surface area contributed by atoms with Crippen molar-refractivity contribution in [3.63, 3.8) is 0 Å². The number of hydrogen-bond donors (Lipinski definition) is 2. The molecule has 3 rings (SSSR count). The molecule has 1 aromatic carbocycles. The van der Waals surface area contributed by atoms with Crippen LogP contribution in [0.1, 0.15) is 47.4 Å². The maximum atomic E-state index is 11.7. The Hall–Kier alpha value is -1.88. The maximum absolute atomic E-state index is 11.7. The summed E-state index contributed by atoms with van der Waals surface area (Å²) in [5.41, 5.74) is 1.87. The van der Waals surface area contributed by atoms with Crippen LogP contribution >= 0.6 is 0 Å². The average Bonchev–Trinajstić information content (AvgIpc) is 2.74. The van der Waals surface area contributed by atoms with E-state index in [9.17, 15) is 9.59 Å². The van der Waals surface area contributed by atoms with Crippen LogP contribution in [0.2, 0.25) is 0 Å². The van der Waals surface area contributed by atoms with Crippen LogP contribution in [0.3, 0.4) is 0 Å². The first kappa shape index (κ1) is 14.1. The smallest absolute Gasteiger partial charge is 0.259 e. The zero-order chi connectivity index (χ0) is 15.0. The third kappa shape index (κ3) is 2.78. The molecular formula is C16H21N3O2. The van der Waals surface area contributed by atoms with Crippen molar-refractivity contribution < 1.29 is 9.59 Å². The van der Waals surface area contributed by atoms with E-state index in [1.54, 1.807) is 12.1 Å². The molecule has 2 aliphatic heterocycles. The Bertz CT molecular complexity index is 575. The van der Waals surface area contributed by atoms with Gasteiger partial charge in [0.25, 0.3) is 11.8 Å². The second kappa shape index (κ2) is 5.48. The lowest BCUT2D eigenvalue weighted by Crippen LogP contribution is -2.42. The van der Waals surface area contributed by atoms with Crippen molar-refractivity contribution in [2.45, 2.75) is 38.8 Å². The van der Waals surface area contributed by atoms with Gasteiger partial charge in [0.2, 0.25) is 0 Å². The molecule has 112 valence electrons. The zero-order valence-electron chi connectivity index (χ0n) is 12.5. The quantitative estimate of drug-likeness (QED) is 0.833. The Morgan fingerprint density at radius 3 is 2.48 bits per heavy atom. The number of amides is 2. The van der Waals surface area contributed by atoms with E-state index in [1.165, 1.54) is 0 Å². The van der Waals surface area contributed by atoms with Gasteiger partial charge in [-0.25, -0.2) is 0 Å². The first-order chi connectivity index (χ1) is 10.0. The fourth-order valence-corrected chi connectivity index (χ4v) is 3.05. The fraction of sp³-hybridized carbons (Fsp3) is 0.500. The number of fused-ring (bicyclic) bond motifs is 1. The molecule has 1 aromatic rings. The van der Waals surface area contributed by atoms with Gasteiger partial charge in [0.05, 0.1) is 11.1 Å². The van der Waals surface area contributed by atoms with Crippen LogP contribution in [0, 0.1) is 0 Å². The van der Waals surface area contributed by atoms with Crippen molar-refractivity contribution in [2.24, 2.45) is 0 Å². The topological polar surface area (TPSA) is 61.4 Å². The number of piperidine rings is 1. The number of likely N-dealkylation sites (tertiary alicyclic amines) is 1. The van der Waals surface area contributed by atoms with Crippen LogP contribution in [0.5, 0.6) is 0 Å². The molecule has 0 unspecified atom stereocenters. The van der Waals surface area contributed by atoms with Crippen LogP contribution in [-0.2, 0) is 0 Å². The molecule has 0 aromatic heterocycles. The summed E-state index contributed by atoms with van der Waals surface area (Å²) in [6.07, 6.45) is 2.20. The average molecular weight is 287 g/mol. The molecule has 2 heterocycles. The summed E-state index contributed by atoms with van der Waals surface area (Å²) in [6.45, 7) is 6.65. The van der Waals surface area contributed by atoms with E-state index in [-0.39, 0.29) is 11.8 Å². The van der Waals surface area contributed by atoms with Gasteiger partial charge in [0.1, 0.15) is 0 Å². The predicted octanol–water partition coefficient (Wildman–Crippen LogP) is 1.85. The second-order valence-corrected chi connectivity index (χ2v) is 6.09. The summed E-state index contributed by atoms with van der Waals surface area (Å²) in [5, 5.41) is 5.81. The van der Waals surface area contributed by atoms with Gasteiger partial charge in [-0.1, -0.05) is 0 Å². The van der Waals surface area contributed by atoms with Gasteiger partial charge >= 0.3 is 0 Å². The largest absolute Gasteiger partial charge is 0.382 e. The van der Waals surface area contributed by atoms with Crippen molar-refractivity contribution in [3.8, 4) is 0 Å².